The lowest BCUT2D eigenvalue weighted by molar-refractivity contribution is 0.0515. The molecule has 0 saturated carbocycles. The summed E-state index contributed by atoms with van der Waals surface area (Å²) in [6.07, 6.45) is 2.57. The minimum absolute atomic E-state index is 0.289. The first-order valence-electron chi connectivity index (χ1n) is 7.41. The number of carbonyl (C=O) groups is 1. The molecule has 0 aromatic heterocycles. The molecule has 4 nitrogen and oxygen atoms in total. The van der Waals surface area contributed by atoms with Gasteiger partial charge in [-0.2, -0.15) is 0 Å². The molecule has 0 radical (unpaired) electrons. The summed E-state index contributed by atoms with van der Waals surface area (Å²) in [4.78, 5) is 17.2. The van der Waals surface area contributed by atoms with Crippen LogP contribution in [0.1, 0.15) is 39.9 Å². The molecule has 0 heterocycles. The standard InChI is InChI=1S/C18H16BrNO3/c1-11-9-15-13(10-17(11)21)3-2-4-16(15)20-23-18(22)12-5-7-14(19)8-6-12/h5-10,21H,2-4H2,1H3/b20-16+. The first kappa shape index (κ1) is 15.7. The first-order valence-corrected chi connectivity index (χ1v) is 8.20. The summed E-state index contributed by atoms with van der Waals surface area (Å²) in [5.41, 5.74) is 3.99. The highest BCUT2D eigenvalue weighted by Gasteiger charge is 2.18. The summed E-state index contributed by atoms with van der Waals surface area (Å²) >= 11 is 3.33. The molecule has 2 aromatic rings. The maximum atomic E-state index is 12.0. The zero-order valence-electron chi connectivity index (χ0n) is 12.7. The Morgan fingerprint density at radius 1 is 1.22 bits per heavy atom. The van der Waals surface area contributed by atoms with Gasteiger partial charge in [0.2, 0.25) is 0 Å². The van der Waals surface area contributed by atoms with Crippen molar-refractivity contribution in [2.75, 3.05) is 0 Å². The van der Waals surface area contributed by atoms with E-state index in [0.29, 0.717) is 5.56 Å². The zero-order valence-corrected chi connectivity index (χ0v) is 14.3. The number of nitrogens with zero attached hydrogens (tertiary/aromatic N) is 1. The van der Waals surface area contributed by atoms with Gasteiger partial charge in [-0.15, -0.1) is 0 Å². The number of oxime groups is 1. The summed E-state index contributed by atoms with van der Waals surface area (Å²) in [6, 6.07) is 10.6. The van der Waals surface area contributed by atoms with Crippen LogP contribution >= 0.6 is 15.9 Å². The van der Waals surface area contributed by atoms with Crippen molar-refractivity contribution in [3.05, 3.63) is 63.1 Å². The number of rotatable bonds is 2. The summed E-state index contributed by atoms with van der Waals surface area (Å²) < 4.78 is 0.900. The second kappa shape index (κ2) is 6.54. The highest BCUT2D eigenvalue weighted by Crippen LogP contribution is 2.28. The molecule has 23 heavy (non-hydrogen) atoms. The summed E-state index contributed by atoms with van der Waals surface area (Å²) in [7, 11) is 0. The third kappa shape index (κ3) is 3.45. The molecule has 0 unspecified atom stereocenters. The number of halogens is 1. The molecule has 1 aliphatic rings. The van der Waals surface area contributed by atoms with Crippen molar-refractivity contribution in [2.45, 2.75) is 26.2 Å². The normalized spacial score (nSPS) is 15.3. The largest absolute Gasteiger partial charge is 0.508 e. The fraction of sp³-hybridized carbons (Fsp3) is 0.222. The van der Waals surface area contributed by atoms with Gasteiger partial charge in [0.1, 0.15) is 5.75 Å². The molecule has 0 atom stereocenters. The Labute approximate surface area is 142 Å². The van der Waals surface area contributed by atoms with E-state index in [-0.39, 0.29) is 5.75 Å². The van der Waals surface area contributed by atoms with Crippen molar-refractivity contribution in [3.8, 4) is 5.75 Å². The van der Waals surface area contributed by atoms with E-state index >= 15 is 0 Å². The van der Waals surface area contributed by atoms with Crippen LogP contribution < -0.4 is 0 Å². The number of carbonyl (C=O) groups excluding carboxylic acids is 1. The Kier molecular flexibility index (Phi) is 4.48. The van der Waals surface area contributed by atoms with Gasteiger partial charge in [0.25, 0.3) is 0 Å². The van der Waals surface area contributed by atoms with Crippen molar-refractivity contribution in [1.29, 1.82) is 0 Å². The van der Waals surface area contributed by atoms with Gasteiger partial charge in [0, 0.05) is 10.0 Å². The summed E-state index contributed by atoms with van der Waals surface area (Å²) in [6.45, 7) is 1.84. The predicted molar refractivity (Wildman–Crippen MR) is 91.9 cm³/mol. The van der Waals surface area contributed by atoms with Crippen molar-refractivity contribution in [3.63, 3.8) is 0 Å². The lowest BCUT2D eigenvalue weighted by Crippen LogP contribution is -2.14. The van der Waals surface area contributed by atoms with Crippen molar-refractivity contribution < 1.29 is 14.7 Å². The van der Waals surface area contributed by atoms with Crippen molar-refractivity contribution in [2.24, 2.45) is 5.16 Å². The lowest BCUT2D eigenvalue weighted by atomic mass is 9.88. The van der Waals surface area contributed by atoms with Gasteiger partial charge in [0.15, 0.2) is 0 Å². The molecule has 0 aliphatic heterocycles. The zero-order chi connectivity index (χ0) is 16.4. The molecule has 0 amide bonds. The minimum Gasteiger partial charge on any atom is -0.508 e. The van der Waals surface area contributed by atoms with Crippen molar-refractivity contribution in [1.82, 2.24) is 0 Å². The molecule has 1 aliphatic carbocycles. The molecular formula is C18H16BrNO3. The fourth-order valence-corrected chi connectivity index (χ4v) is 2.89. The molecular weight excluding hydrogens is 358 g/mol. The predicted octanol–water partition coefficient (Wildman–Crippen LogP) is 4.36. The molecule has 3 rings (SSSR count). The average molecular weight is 374 g/mol. The molecule has 0 bridgehead atoms. The van der Waals surface area contributed by atoms with Crippen LogP contribution in [0.3, 0.4) is 0 Å². The third-order valence-electron chi connectivity index (χ3n) is 3.91. The minimum atomic E-state index is -0.479. The van der Waals surface area contributed by atoms with Gasteiger partial charge in [-0.25, -0.2) is 4.79 Å². The van der Waals surface area contributed by atoms with E-state index in [1.54, 1.807) is 30.3 Å². The molecule has 1 N–H and O–H groups in total. The topological polar surface area (TPSA) is 58.9 Å². The van der Waals surface area contributed by atoms with Crippen molar-refractivity contribution >= 4 is 27.6 Å². The number of hydrogen-bond acceptors (Lipinski definition) is 4. The van der Waals surface area contributed by atoms with Crippen LogP contribution in [0.15, 0.2) is 46.0 Å². The number of benzene rings is 2. The van der Waals surface area contributed by atoms with Crippen LogP contribution in [0.4, 0.5) is 0 Å². The van der Waals surface area contributed by atoms with E-state index in [9.17, 15) is 9.90 Å². The fourth-order valence-electron chi connectivity index (χ4n) is 2.63. The van der Waals surface area contributed by atoms with Crippen LogP contribution in [0.2, 0.25) is 0 Å². The van der Waals surface area contributed by atoms with Gasteiger partial charge in [-0.05, 0) is 73.7 Å². The van der Waals surface area contributed by atoms with Gasteiger partial charge in [-0.1, -0.05) is 21.1 Å². The summed E-state index contributed by atoms with van der Waals surface area (Å²) in [5, 5.41) is 13.9. The number of fused-ring (bicyclic) bond motifs is 1. The van der Waals surface area contributed by atoms with Crippen LogP contribution in [0.25, 0.3) is 0 Å². The van der Waals surface area contributed by atoms with E-state index in [1.807, 2.05) is 13.0 Å². The van der Waals surface area contributed by atoms with E-state index in [1.165, 1.54) is 0 Å². The monoisotopic (exact) mass is 373 g/mol. The van der Waals surface area contributed by atoms with Crippen LogP contribution in [0, 0.1) is 6.92 Å². The number of phenols is 1. The molecule has 5 heteroatoms. The first-order chi connectivity index (χ1) is 11.0. The summed E-state index contributed by atoms with van der Waals surface area (Å²) in [5.74, 6) is -0.190. The molecule has 0 saturated heterocycles. The van der Waals surface area contributed by atoms with Crippen LogP contribution in [-0.2, 0) is 11.3 Å². The Morgan fingerprint density at radius 2 is 1.96 bits per heavy atom. The number of aryl methyl sites for hydroxylation is 2. The van der Waals surface area contributed by atoms with Crippen LogP contribution in [-0.4, -0.2) is 16.8 Å². The van der Waals surface area contributed by atoms with E-state index in [4.69, 9.17) is 4.84 Å². The smallest absolute Gasteiger partial charge is 0.365 e. The molecule has 118 valence electrons. The number of aromatic hydroxyl groups is 1. The van der Waals surface area contributed by atoms with E-state index in [0.717, 1.165) is 46.1 Å². The number of phenolic OH excluding ortho intramolecular Hbond substituents is 1. The second-order valence-corrected chi connectivity index (χ2v) is 6.49. The third-order valence-corrected chi connectivity index (χ3v) is 4.44. The van der Waals surface area contributed by atoms with Gasteiger partial charge in [0.05, 0.1) is 11.3 Å². The quantitative estimate of drug-likeness (QED) is 0.628. The van der Waals surface area contributed by atoms with Gasteiger partial charge in [-0.3, -0.25) is 0 Å². The Balaban J connectivity index is 1.83. The van der Waals surface area contributed by atoms with E-state index < -0.39 is 5.97 Å². The van der Waals surface area contributed by atoms with E-state index in [2.05, 4.69) is 21.1 Å². The highest BCUT2D eigenvalue weighted by atomic mass is 79.9. The van der Waals surface area contributed by atoms with Gasteiger partial charge >= 0.3 is 5.97 Å². The molecule has 0 fully saturated rings. The molecule has 0 spiro atoms. The maximum absolute atomic E-state index is 12.0. The Hall–Kier alpha value is -2.14. The number of hydrogen-bond donors (Lipinski definition) is 1. The lowest BCUT2D eigenvalue weighted by Gasteiger charge is -2.18. The average Bonchev–Trinajstić information content (AvgIpc) is 2.54. The molecule has 2 aromatic carbocycles. The Morgan fingerprint density at radius 3 is 2.70 bits per heavy atom. The second-order valence-electron chi connectivity index (χ2n) is 5.57. The van der Waals surface area contributed by atoms with Gasteiger partial charge < -0.3 is 9.94 Å². The Bertz CT molecular complexity index is 782. The van der Waals surface area contributed by atoms with Crippen LogP contribution in [0.5, 0.6) is 5.75 Å². The highest BCUT2D eigenvalue weighted by molar-refractivity contribution is 9.10. The maximum Gasteiger partial charge on any atom is 0.365 e. The SMILES string of the molecule is Cc1cc2c(cc1O)CCC/C2=N\OC(=O)c1ccc(Br)cc1.